The highest BCUT2D eigenvalue weighted by Gasteiger charge is 2.69. The van der Waals surface area contributed by atoms with Crippen LogP contribution in [0.1, 0.15) is 27.2 Å². The molecule has 0 radical (unpaired) electrons. The SMILES string of the molecule is CC(C)N(C(=O)[C@@]1(C)CC1(Cl)Cl)c1ccc(F)cc1. The molecule has 19 heavy (non-hydrogen) atoms. The van der Waals surface area contributed by atoms with E-state index in [1.54, 1.807) is 24.0 Å². The lowest BCUT2D eigenvalue weighted by Crippen LogP contribution is -2.42. The third kappa shape index (κ3) is 2.46. The van der Waals surface area contributed by atoms with Crippen LogP contribution < -0.4 is 4.90 Å². The van der Waals surface area contributed by atoms with Gasteiger partial charge in [0.1, 0.15) is 10.2 Å². The third-order valence-electron chi connectivity index (χ3n) is 3.57. The van der Waals surface area contributed by atoms with Gasteiger partial charge in [-0.1, -0.05) is 0 Å². The lowest BCUT2D eigenvalue weighted by Gasteiger charge is -2.30. The van der Waals surface area contributed by atoms with Crippen LogP contribution in [0.4, 0.5) is 10.1 Å². The van der Waals surface area contributed by atoms with Gasteiger partial charge in [0, 0.05) is 11.7 Å². The van der Waals surface area contributed by atoms with Crippen LogP contribution in [-0.2, 0) is 4.79 Å². The molecule has 1 aliphatic carbocycles. The van der Waals surface area contributed by atoms with Crippen LogP contribution in [0.5, 0.6) is 0 Å². The summed E-state index contributed by atoms with van der Waals surface area (Å²) >= 11 is 12.1. The maximum atomic E-state index is 13.0. The summed E-state index contributed by atoms with van der Waals surface area (Å²) in [4.78, 5) is 14.3. The van der Waals surface area contributed by atoms with E-state index in [1.165, 1.54) is 12.1 Å². The Morgan fingerprint density at radius 2 is 1.79 bits per heavy atom. The van der Waals surface area contributed by atoms with Gasteiger partial charge in [-0.05, 0) is 51.5 Å². The molecule has 1 aromatic carbocycles. The van der Waals surface area contributed by atoms with E-state index in [4.69, 9.17) is 23.2 Å². The lowest BCUT2D eigenvalue weighted by atomic mass is 10.1. The number of rotatable bonds is 3. The number of alkyl halides is 2. The predicted octanol–water partition coefficient (Wildman–Crippen LogP) is 4.15. The van der Waals surface area contributed by atoms with E-state index in [0.717, 1.165) is 0 Å². The molecule has 2 rings (SSSR count). The molecule has 5 heteroatoms. The summed E-state index contributed by atoms with van der Waals surface area (Å²) < 4.78 is 12.0. The number of carbonyl (C=O) groups is 1. The van der Waals surface area contributed by atoms with Gasteiger partial charge in [0.2, 0.25) is 5.91 Å². The van der Waals surface area contributed by atoms with Crippen molar-refractivity contribution in [3.8, 4) is 0 Å². The van der Waals surface area contributed by atoms with E-state index < -0.39 is 9.75 Å². The van der Waals surface area contributed by atoms with Crippen LogP contribution in [-0.4, -0.2) is 16.3 Å². The van der Waals surface area contributed by atoms with E-state index in [2.05, 4.69) is 0 Å². The number of amides is 1. The molecule has 0 bridgehead atoms. The molecule has 1 fully saturated rings. The summed E-state index contributed by atoms with van der Waals surface area (Å²) in [5.74, 6) is -0.458. The van der Waals surface area contributed by atoms with Gasteiger partial charge in [0.05, 0.1) is 5.41 Å². The predicted molar refractivity (Wildman–Crippen MR) is 76.2 cm³/mol. The monoisotopic (exact) mass is 303 g/mol. The number of anilines is 1. The molecule has 0 aliphatic heterocycles. The van der Waals surface area contributed by atoms with Crippen LogP contribution in [0.3, 0.4) is 0 Å². The van der Waals surface area contributed by atoms with Crippen molar-refractivity contribution in [1.82, 2.24) is 0 Å². The van der Waals surface area contributed by atoms with Crippen molar-refractivity contribution in [3.05, 3.63) is 30.1 Å². The Bertz CT molecular complexity index is 501. The molecule has 0 spiro atoms. The molecule has 0 heterocycles. The molecular weight excluding hydrogens is 288 g/mol. The number of benzene rings is 1. The molecule has 1 amide bonds. The Morgan fingerprint density at radius 3 is 2.16 bits per heavy atom. The Kier molecular flexibility index (Phi) is 3.56. The van der Waals surface area contributed by atoms with Crippen molar-refractivity contribution in [3.63, 3.8) is 0 Å². The van der Waals surface area contributed by atoms with Gasteiger partial charge in [-0.3, -0.25) is 4.79 Å². The first-order chi connectivity index (χ1) is 8.69. The molecule has 0 N–H and O–H groups in total. The second kappa shape index (κ2) is 4.64. The first-order valence-electron chi connectivity index (χ1n) is 6.16. The van der Waals surface area contributed by atoms with E-state index >= 15 is 0 Å². The maximum Gasteiger partial charge on any atom is 0.236 e. The van der Waals surface area contributed by atoms with Gasteiger partial charge >= 0.3 is 0 Å². The Hall–Kier alpha value is -0.800. The van der Waals surface area contributed by atoms with Gasteiger partial charge in [-0.2, -0.15) is 0 Å². The Morgan fingerprint density at radius 1 is 1.32 bits per heavy atom. The van der Waals surface area contributed by atoms with Crippen LogP contribution in [0, 0.1) is 11.2 Å². The zero-order chi connectivity index (χ0) is 14.4. The van der Waals surface area contributed by atoms with Crippen LogP contribution in [0.25, 0.3) is 0 Å². The molecule has 2 nitrogen and oxygen atoms in total. The Labute approximate surface area is 122 Å². The quantitative estimate of drug-likeness (QED) is 0.768. The summed E-state index contributed by atoms with van der Waals surface area (Å²) in [6.07, 6.45) is 0.437. The van der Waals surface area contributed by atoms with Crippen molar-refractivity contribution >= 4 is 34.8 Å². The van der Waals surface area contributed by atoms with Crippen molar-refractivity contribution in [2.75, 3.05) is 4.90 Å². The zero-order valence-electron chi connectivity index (χ0n) is 11.1. The molecule has 0 saturated heterocycles. The molecule has 0 aromatic heterocycles. The molecule has 1 aromatic rings. The average Bonchev–Trinajstić information content (AvgIpc) is 2.82. The van der Waals surface area contributed by atoms with Crippen LogP contribution >= 0.6 is 23.2 Å². The molecule has 1 aliphatic rings. The first-order valence-corrected chi connectivity index (χ1v) is 6.92. The fourth-order valence-electron chi connectivity index (χ4n) is 2.15. The first kappa shape index (κ1) is 14.6. The second-order valence-corrected chi connectivity index (χ2v) is 6.94. The van der Waals surface area contributed by atoms with Gasteiger partial charge in [0.25, 0.3) is 0 Å². The normalized spacial score (nSPS) is 24.4. The number of halogens is 3. The summed E-state index contributed by atoms with van der Waals surface area (Å²) in [6.45, 7) is 5.56. The van der Waals surface area contributed by atoms with Crippen molar-refractivity contribution in [2.45, 2.75) is 37.6 Å². The smallest absolute Gasteiger partial charge is 0.236 e. The van der Waals surface area contributed by atoms with Crippen LogP contribution in [0.15, 0.2) is 24.3 Å². The van der Waals surface area contributed by atoms with Crippen LogP contribution in [0.2, 0.25) is 0 Å². The fourth-order valence-corrected chi connectivity index (χ4v) is 2.85. The minimum absolute atomic E-state index is 0.0560. The topological polar surface area (TPSA) is 20.3 Å². The third-order valence-corrected chi connectivity index (χ3v) is 4.67. The highest BCUT2D eigenvalue weighted by atomic mass is 35.5. The standard InChI is InChI=1S/C14H16Cl2FNO/c1-9(2)18(11-6-4-10(17)5-7-11)12(19)13(3)8-14(13,15)16/h4-7,9H,8H2,1-3H3/t13-/m1/s1. The van der Waals surface area contributed by atoms with Crippen molar-refractivity contribution < 1.29 is 9.18 Å². The molecular formula is C14H16Cl2FNO. The number of carbonyl (C=O) groups excluding carboxylic acids is 1. The fraction of sp³-hybridized carbons (Fsp3) is 0.500. The van der Waals surface area contributed by atoms with Crippen molar-refractivity contribution in [1.29, 1.82) is 0 Å². The minimum atomic E-state index is -1.00. The molecule has 0 unspecified atom stereocenters. The summed E-state index contributed by atoms with van der Waals surface area (Å²) in [6, 6.07) is 5.79. The highest BCUT2D eigenvalue weighted by Crippen LogP contribution is 2.64. The summed E-state index contributed by atoms with van der Waals surface area (Å²) in [5, 5.41) is 0. The summed E-state index contributed by atoms with van der Waals surface area (Å²) in [5.41, 5.74) is -0.118. The van der Waals surface area contributed by atoms with E-state index in [1.807, 2.05) is 13.8 Å². The summed E-state index contributed by atoms with van der Waals surface area (Å²) in [7, 11) is 0. The second-order valence-electron chi connectivity index (χ2n) is 5.46. The molecule has 104 valence electrons. The average molecular weight is 304 g/mol. The highest BCUT2D eigenvalue weighted by molar-refractivity contribution is 6.53. The molecule has 1 saturated carbocycles. The van der Waals surface area contributed by atoms with Gasteiger partial charge < -0.3 is 4.90 Å². The van der Waals surface area contributed by atoms with Crippen molar-refractivity contribution in [2.24, 2.45) is 5.41 Å². The zero-order valence-corrected chi connectivity index (χ0v) is 12.6. The minimum Gasteiger partial charge on any atom is -0.309 e. The Balaban J connectivity index is 2.32. The van der Waals surface area contributed by atoms with E-state index in [9.17, 15) is 9.18 Å². The lowest BCUT2D eigenvalue weighted by molar-refractivity contribution is -0.123. The van der Waals surface area contributed by atoms with Gasteiger partial charge in [0.15, 0.2) is 0 Å². The largest absolute Gasteiger partial charge is 0.309 e. The number of hydrogen-bond donors (Lipinski definition) is 0. The number of hydrogen-bond acceptors (Lipinski definition) is 1. The molecule has 1 atom stereocenters. The van der Waals surface area contributed by atoms with Gasteiger partial charge in [-0.25, -0.2) is 4.39 Å². The van der Waals surface area contributed by atoms with E-state index in [0.29, 0.717) is 12.1 Å². The van der Waals surface area contributed by atoms with Gasteiger partial charge in [-0.15, -0.1) is 23.2 Å². The van der Waals surface area contributed by atoms with E-state index in [-0.39, 0.29) is 17.8 Å². The maximum absolute atomic E-state index is 13.0. The number of nitrogens with zero attached hydrogens (tertiary/aromatic N) is 1.